The van der Waals surface area contributed by atoms with Crippen molar-refractivity contribution in [3.8, 4) is 5.75 Å². The highest BCUT2D eigenvalue weighted by molar-refractivity contribution is 5.33. The maximum atomic E-state index is 14.3. The summed E-state index contributed by atoms with van der Waals surface area (Å²) in [5.41, 5.74) is 0.499. The molecule has 0 spiro atoms. The summed E-state index contributed by atoms with van der Waals surface area (Å²) in [6.07, 6.45) is 9.26. The van der Waals surface area contributed by atoms with Gasteiger partial charge in [-0.15, -0.1) is 0 Å². The Balaban J connectivity index is 1.94. The number of halogens is 2. The summed E-state index contributed by atoms with van der Waals surface area (Å²) in [6.45, 7) is 2.13. The predicted molar refractivity (Wildman–Crippen MR) is 87.7 cm³/mol. The summed E-state index contributed by atoms with van der Waals surface area (Å²) in [6, 6.07) is 3.19. The lowest BCUT2D eigenvalue weighted by atomic mass is 9.77. The Morgan fingerprint density at radius 1 is 1.04 bits per heavy atom. The largest absolute Gasteiger partial charge is 0.464 e. The Morgan fingerprint density at radius 3 is 2.43 bits per heavy atom. The van der Waals surface area contributed by atoms with E-state index in [1.54, 1.807) is 6.07 Å². The molecular weight excluding hydrogens is 298 g/mol. The minimum atomic E-state index is -0.899. The topological polar surface area (TPSA) is 18.5 Å². The number of hydrogen-bond acceptors (Lipinski definition) is 2. The van der Waals surface area contributed by atoms with Gasteiger partial charge in [0.2, 0.25) is 5.82 Å². The van der Waals surface area contributed by atoms with Crippen LogP contribution < -0.4 is 4.74 Å². The van der Waals surface area contributed by atoms with Gasteiger partial charge in [-0.1, -0.05) is 38.7 Å². The van der Waals surface area contributed by atoms with Gasteiger partial charge in [-0.3, -0.25) is 0 Å². The molecular formula is C19H28F2O2. The Kier molecular flexibility index (Phi) is 7.28. The maximum Gasteiger partial charge on any atom is 0.201 e. The van der Waals surface area contributed by atoms with E-state index in [2.05, 4.69) is 6.92 Å². The molecule has 0 unspecified atom stereocenters. The molecule has 0 aliphatic heterocycles. The first kappa shape index (κ1) is 18.2. The number of benzene rings is 1. The zero-order valence-electron chi connectivity index (χ0n) is 14.2. The smallest absolute Gasteiger partial charge is 0.201 e. The van der Waals surface area contributed by atoms with Crippen LogP contribution in [0.3, 0.4) is 0 Å². The first-order valence-electron chi connectivity index (χ1n) is 8.77. The van der Waals surface area contributed by atoms with Crippen LogP contribution in [0.15, 0.2) is 12.1 Å². The zero-order valence-corrected chi connectivity index (χ0v) is 14.2. The van der Waals surface area contributed by atoms with E-state index in [1.165, 1.54) is 38.9 Å². The standard InChI is InChI=1S/C19H28F2O2/c1-3-4-5-6-14-7-9-15(10-8-14)16-11-12-17(23-13-22-2)19(21)18(16)20/h11-12,14-15H,3-10,13H2,1-2H3. The number of ether oxygens (including phenoxy) is 2. The zero-order chi connectivity index (χ0) is 16.7. The Labute approximate surface area is 138 Å². The molecule has 0 atom stereocenters. The van der Waals surface area contributed by atoms with Crippen molar-refractivity contribution in [3.63, 3.8) is 0 Å². The van der Waals surface area contributed by atoms with Crippen LogP contribution in [0.25, 0.3) is 0 Å². The lowest BCUT2D eigenvalue weighted by Crippen LogP contribution is -2.15. The van der Waals surface area contributed by atoms with Crippen molar-refractivity contribution >= 4 is 0 Å². The van der Waals surface area contributed by atoms with Crippen molar-refractivity contribution in [1.29, 1.82) is 0 Å². The van der Waals surface area contributed by atoms with Crippen LogP contribution in [-0.4, -0.2) is 13.9 Å². The molecule has 1 aromatic carbocycles. The van der Waals surface area contributed by atoms with Gasteiger partial charge in [-0.2, -0.15) is 4.39 Å². The summed E-state index contributed by atoms with van der Waals surface area (Å²) in [5, 5.41) is 0. The Hall–Kier alpha value is -1.16. The van der Waals surface area contributed by atoms with Gasteiger partial charge in [0, 0.05) is 7.11 Å². The SMILES string of the molecule is CCCCCC1CCC(c2ccc(OCOC)c(F)c2F)CC1. The van der Waals surface area contributed by atoms with E-state index in [-0.39, 0.29) is 18.5 Å². The van der Waals surface area contributed by atoms with Crippen molar-refractivity contribution < 1.29 is 18.3 Å². The molecule has 1 aliphatic rings. The van der Waals surface area contributed by atoms with Gasteiger partial charge < -0.3 is 9.47 Å². The lowest BCUT2D eigenvalue weighted by molar-refractivity contribution is 0.0477. The van der Waals surface area contributed by atoms with Gasteiger partial charge in [0.05, 0.1) is 0 Å². The molecule has 0 bridgehead atoms. The minimum Gasteiger partial charge on any atom is -0.464 e. The minimum absolute atomic E-state index is 0.0821. The molecule has 0 amide bonds. The number of rotatable bonds is 8. The molecule has 1 aliphatic carbocycles. The molecule has 2 rings (SSSR count). The average molecular weight is 326 g/mol. The third kappa shape index (κ3) is 4.90. The highest BCUT2D eigenvalue weighted by atomic mass is 19.2. The second kappa shape index (κ2) is 9.21. The molecule has 4 heteroatoms. The van der Waals surface area contributed by atoms with E-state index in [0.29, 0.717) is 5.56 Å². The first-order chi connectivity index (χ1) is 11.2. The summed E-state index contributed by atoms with van der Waals surface area (Å²) < 4.78 is 38.2. The molecule has 1 saturated carbocycles. The molecule has 1 aromatic rings. The number of methoxy groups -OCH3 is 1. The third-order valence-electron chi connectivity index (χ3n) is 4.91. The van der Waals surface area contributed by atoms with Crippen LogP contribution >= 0.6 is 0 Å². The van der Waals surface area contributed by atoms with Crippen molar-refractivity contribution in [3.05, 3.63) is 29.3 Å². The molecule has 0 radical (unpaired) electrons. The van der Waals surface area contributed by atoms with E-state index in [4.69, 9.17) is 9.47 Å². The van der Waals surface area contributed by atoms with Gasteiger partial charge in [0.25, 0.3) is 0 Å². The monoisotopic (exact) mass is 326 g/mol. The first-order valence-corrected chi connectivity index (χ1v) is 8.77. The fraction of sp³-hybridized carbons (Fsp3) is 0.684. The van der Waals surface area contributed by atoms with Gasteiger partial charge in [-0.25, -0.2) is 4.39 Å². The highest BCUT2D eigenvalue weighted by Gasteiger charge is 2.26. The third-order valence-corrected chi connectivity index (χ3v) is 4.91. The maximum absolute atomic E-state index is 14.3. The van der Waals surface area contributed by atoms with Crippen molar-refractivity contribution in [2.45, 2.75) is 64.2 Å². The van der Waals surface area contributed by atoms with Crippen LogP contribution in [0.4, 0.5) is 8.78 Å². The van der Waals surface area contributed by atoms with E-state index in [9.17, 15) is 8.78 Å². The van der Waals surface area contributed by atoms with Gasteiger partial charge in [-0.05, 0) is 49.1 Å². The number of hydrogen-bond donors (Lipinski definition) is 0. The van der Waals surface area contributed by atoms with Crippen molar-refractivity contribution in [2.75, 3.05) is 13.9 Å². The Bertz CT molecular complexity index is 483. The van der Waals surface area contributed by atoms with Crippen molar-refractivity contribution in [2.24, 2.45) is 5.92 Å². The fourth-order valence-electron chi connectivity index (χ4n) is 3.54. The summed E-state index contributed by atoms with van der Waals surface area (Å²) >= 11 is 0. The fourth-order valence-corrected chi connectivity index (χ4v) is 3.54. The van der Waals surface area contributed by atoms with Crippen LogP contribution in [-0.2, 0) is 4.74 Å². The van der Waals surface area contributed by atoms with Crippen molar-refractivity contribution in [1.82, 2.24) is 0 Å². The molecule has 2 nitrogen and oxygen atoms in total. The van der Waals surface area contributed by atoms with E-state index >= 15 is 0 Å². The number of unbranched alkanes of at least 4 members (excludes halogenated alkanes) is 2. The van der Waals surface area contributed by atoms with E-state index < -0.39 is 11.6 Å². The molecule has 0 heterocycles. The van der Waals surface area contributed by atoms with E-state index in [0.717, 1.165) is 31.6 Å². The molecule has 130 valence electrons. The van der Waals surface area contributed by atoms with E-state index in [1.807, 2.05) is 0 Å². The molecule has 0 aromatic heterocycles. The second-order valence-electron chi connectivity index (χ2n) is 6.55. The molecule has 23 heavy (non-hydrogen) atoms. The predicted octanol–water partition coefficient (Wildman–Crippen LogP) is 5.80. The quantitative estimate of drug-likeness (QED) is 0.444. The second-order valence-corrected chi connectivity index (χ2v) is 6.55. The summed E-state index contributed by atoms with van der Waals surface area (Å²) in [5.74, 6) is -0.850. The average Bonchev–Trinajstić information content (AvgIpc) is 2.57. The highest BCUT2D eigenvalue weighted by Crippen LogP contribution is 2.40. The molecule has 0 N–H and O–H groups in total. The van der Waals surface area contributed by atoms with Gasteiger partial charge in [0.1, 0.15) is 0 Å². The molecule has 1 fully saturated rings. The Morgan fingerprint density at radius 2 is 1.78 bits per heavy atom. The summed E-state index contributed by atoms with van der Waals surface area (Å²) in [4.78, 5) is 0. The normalized spacial score (nSPS) is 21.4. The lowest BCUT2D eigenvalue weighted by Gasteiger charge is -2.29. The summed E-state index contributed by atoms with van der Waals surface area (Å²) in [7, 11) is 1.45. The van der Waals surface area contributed by atoms with Crippen LogP contribution in [0, 0.1) is 17.6 Å². The van der Waals surface area contributed by atoms with Gasteiger partial charge in [0.15, 0.2) is 18.4 Å². The van der Waals surface area contributed by atoms with Crippen LogP contribution in [0.1, 0.15) is 69.8 Å². The molecule has 0 saturated heterocycles. The van der Waals surface area contributed by atoms with Gasteiger partial charge >= 0.3 is 0 Å². The van der Waals surface area contributed by atoms with Crippen LogP contribution in [0.5, 0.6) is 5.75 Å². The van der Waals surface area contributed by atoms with Crippen LogP contribution in [0.2, 0.25) is 0 Å².